The molecule has 0 radical (unpaired) electrons. The molecule has 0 saturated heterocycles. The Hall–Kier alpha value is 1.89. The zero-order chi connectivity index (χ0) is 16.5. The maximum Gasteiger partial charge on any atom is 1.00 e. The normalized spacial score (nSPS) is 11.3. The first kappa shape index (κ1) is 30.6. The fourth-order valence-corrected chi connectivity index (χ4v) is 3.16. The molecular formula is C18H35Na2O3P. The second kappa shape index (κ2) is 22.9. The van der Waals surface area contributed by atoms with Gasteiger partial charge in [-0.25, -0.2) is 0 Å². The number of unbranched alkanes of at least 4 members (excludes halogenated alkanes) is 12. The fourth-order valence-electron chi connectivity index (χ4n) is 2.55. The van der Waals surface area contributed by atoms with Crippen molar-refractivity contribution in [2.75, 3.05) is 6.16 Å². The third-order valence-electron chi connectivity index (χ3n) is 3.94. The minimum Gasteiger partial charge on any atom is -0.811 e. The number of hydrogen-bond acceptors (Lipinski definition) is 3. The van der Waals surface area contributed by atoms with Crippen LogP contribution < -0.4 is 68.9 Å². The molecule has 24 heavy (non-hydrogen) atoms. The Morgan fingerprint density at radius 2 is 1.04 bits per heavy atom. The van der Waals surface area contributed by atoms with E-state index in [1.165, 1.54) is 57.8 Å². The summed E-state index contributed by atoms with van der Waals surface area (Å²) >= 11 is 0. The largest absolute Gasteiger partial charge is 1.00 e. The van der Waals surface area contributed by atoms with E-state index in [9.17, 15) is 14.4 Å². The molecule has 0 aromatic heterocycles. The third-order valence-corrected chi connectivity index (χ3v) is 4.81. The SMILES string of the molecule is CCCCCCCCC=CCCCCCCCCP(=O)([O-])[O-].[Na+].[Na+]. The van der Waals surface area contributed by atoms with E-state index in [-0.39, 0.29) is 65.3 Å². The van der Waals surface area contributed by atoms with Crippen LogP contribution in [-0.4, -0.2) is 6.16 Å². The average Bonchev–Trinajstić information content (AvgIpc) is 2.45. The van der Waals surface area contributed by atoms with Gasteiger partial charge in [0.1, 0.15) is 0 Å². The molecule has 0 aliphatic heterocycles. The predicted molar refractivity (Wildman–Crippen MR) is 91.9 cm³/mol. The molecule has 0 atom stereocenters. The van der Waals surface area contributed by atoms with Gasteiger partial charge in [0.05, 0.1) is 0 Å². The van der Waals surface area contributed by atoms with Crippen molar-refractivity contribution < 1.29 is 73.5 Å². The second-order valence-electron chi connectivity index (χ2n) is 6.27. The van der Waals surface area contributed by atoms with E-state index in [4.69, 9.17) is 0 Å². The number of allylic oxidation sites excluding steroid dienone is 2. The van der Waals surface area contributed by atoms with Gasteiger partial charge < -0.3 is 14.4 Å². The van der Waals surface area contributed by atoms with Gasteiger partial charge in [-0.1, -0.05) is 84.5 Å². The van der Waals surface area contributed by atoms with Crippen LogP contribution in [0.15, 0.2) is 12.2 Å². The monoisotopic (exact) mass is 376 g/mol. The Kier molecular flexibility index (Phi) is 29.2. The van der Waals surface area contributed by atoms with Crippen molar-refractivity contribution in [1.82, 2.24) is 0 Å². The molecule has 0 spiro atoms. The van der Waals surface area contributed by atoms with Gasteiger partial charge in [-0.15, -0.1) is 0 Å². The zero-order valence-corrected chi connectivity index (χ0v) is 21.3. The molecule has 0 saturated carbocycles. The molecule has 3 nitrogen and oxygen atoms in total. The van der Waals surface area contributed by atoms with Crippen molar-refractivity contribution >= 4 is 7.60 Å². The van der Waals surface area contributed by atoms with Crippen LogP contribution in [0.1, 0.15) is 96.8 Å². The molecule has 0 heterocycles. The summed E-state index contributed by atoms with van der Waals surface area (Å²) in [6.07, 6.45) is 21.0. The van der Waals surface area contributed by atoms with E-state index in [0.29, 0.717) is 6.42 Å². The Labute approximate surface area is 194 Å². The van der Waals surface area contributed by atoms with Gasteiger partial charge in [-0.2, -0.15) is 0 Å². The molecule has 0 unspecified atom stereocenters. The molecule has 0 aromatic carbocycles. The zero-order valence-electron chi connectivity index (χ0n) is 16.4. The van der Waals surface area contributed by atoms with Gasteiger partial charge in [0, 0.05) is 0 Å². The second-order valence-corrected chi connectivity index (χ2v) is 7.94. The van der Waals surface area contributed by atoms with E-state index in [1.807, 2.05) is 0 Å². The van der Waals surface area contributed by atoms with E-state index in [0.717, 1.165) is 25.7 Å². The van der Waals surface area contributed by atoms with Gasteiger partial charge >= 0.3 is 59.1 Å². The smallest absolute Gasteiger partial charge is 0.811 e. The van der Waals surface area contributed by atoms with E-state index < -0.39 is 7.60 Å². The molecule has 0 N–H and O–H groups in total. The Morgan fingerprint density at radius 3 is 1.46 bits per heavy atom. The maximum atomic E-state index is 10.4. The van der Waals surface area contributed by atoms with Crippen molar-refractivity contribution in [2.24, 2.45) is 0 Å². The van der Waals surface area contributed by atoms with Gasteiger partial charge in [-0.3, -0.25) is 0 Å². The Bertz CT molecular complexity index is 307. The van der Waals surface area contributed by atoms with Crippen LogP contribution in [0.2, 0.25) is 0 Å². The maximum absolute atomic E-state index is 10.4. The van der Waals surface area contributed by atoms with Gasteiger partial charge in [0.25, 0.3) is 0 Å². The van der Waals surface area contributed by atoms with Gasteiger partial charge in [0.15, 0.2) is 0 Å². The topological polar surface area (TPSA) is 63.2 Å². The summed E-state index contributed by atoms with van der Waals surface area (Å²) in [6, 6.07) is 0. The molecular weight excluding hydrogens is 341 g/mol. The van der Waals surface area contributed by atoms with Crippen molar-refractivity contribution in [2.45, 2.75) is 96.8 Å². The summed E-state index contributed by atoms with van der Waals surface area (Å²) in [5, 5.41) is 0. The molecule has 0 amide bonds. The summed E-state index contributed by atoms with van der Waals surface area (Å²) in [5.41, 5.74) is 0. The Balaban J connectivity index is -0.00000220. The quantitative estimate of drug-likeness (QED) is 0.149. The van der Waals surface area contributed by atoms with Crippen LogP contribution in [0.3, 0.4) is 0 Å². The van der Waals surface area contributed by atoms with Crippen molar-refractivity contribution in [1.29, 1.82) is 0 Å². The van der Waals surface area contributed by atoms with E-state index >= 15 is 0 Å². The standard InChI is InChI=1S/C18H37O3P.2Na/c1-2-3-4-5-6-7-8-9-10-11-12-13-14-15-16-17-18-22(19,20)21;;/h9-10H,2-8,11-18H2,1H3,(H2,19,20,21);;/q;2*+1/p-2. The van der Waals surface area contributed by atoms with Gasteiger partial charge in [0.2, 0.25) is 0 Å². The fraction of sp³-hybridized carbons (Fsp3) is 0.889. The minimum atomic E-state index is -4.26. The summed E-state index contributed by atoms with van der Waals surface area (Å²) in [6.45, 7) is 2.25. The van der Waals surface area contributed by atoms with E-state index in [2.05, 4.69) is 19.1 Å². The summed E-state index contributed by atoms with van der Waals surface area (Å²) < 4.78 is 10.4. The summed E-state index contributed by atoms with van der Waals surface area (Å²) in [7, 11) is -4.26. The number of rotatable bonds is 16. The van der Waals surface area contributed by atoms with Crippen molar-refractivity contribution in [3.05, 3.63) is 12.2 Å². The number of hydrogen-bond donors (Lipinski definition) is 0. The molecule has 0 aromatic rings. The van der Waals surface area contributed by atoms with Gasteiger partial charge in [-0.05, 0) is 38.3 Å². The molecule has 0 rings (SSSR count). The molecule has 6 heteroatoms. The summed E-state index contributed by atoms with van der Waals surface area (Å²) in [4.78, 5) is 20.9. The molecule has 0 aliphatic carbocycles. The average molecular weight is 376 g/mol. The van der Waals surface area contributed by atoms with E-state index in [1.54, 1.807) is 0 Å². The van der Waals surface area contributed by atoms with Crippen LogP contribution in [0.5, 0.6) is 0 Å². The molecule has 132 valence electrons. The molecule has 0 bridgehead atoms. The molecule has 0 aliphatic rings. The first-order valence-corrected chi connectivity index (χ1v) is 10.9. The third kappa shape index (κ3) is 28.7. The Morgan fingerprint density at radius 1 is 0.667 bits per heavy atom. The first-order chi connectivity index (χ1) is 10.6. The minimum absolute atomic E-state index is 0. The van der Waals surface area contributed by atoms with Crippen molar-refractivity contribution in [3.8, 4) is 0 Å². The van der Waals surface area contributed by atoms with Crippen LogP contribution in [0.4, 0.5) is 0 Å². The van der Waals surface area contributed by atoms with Crippen LogP contribution in [-0.2, 0) is 4.57 Å². The first-order valence-electron chi connectivity index (χ1n) is 9.22. The van der Waals surface area contributed by atoms with Crippen LogP contribution in [0, 0.1) is 0 Å². The van der Waals surface area contributed by atoms with Crippen LogP contribution >= 0.6 is 7.60 Å². The van der Waals surface area contributed by atoms with Crippen LogP contribution in [0.25, 0.3) is 0 Å². The molecule has 0 fully saturated rings. The predicted octanol–water partition coefficient (Wildman–Crippen LogP) is -1.05. The van der Waals surface area contributed by atoms with Crippen molar-refractivity contribution in [3.63, 3.8) is 0 Å². The summed E-state index contributed by atoms with van der Waals surface area (Å²) in [5.74, 6) is 0.